The molecule has 12 aromatic rings. The predicted molar refractivity (Wildman–Crippen MR) is 486 cm³/mol. The Morgan fingerprint density at radius 2 is 0.797 bits per heavy atom. The van der Waals surface area contributed by atoms with E-state index in [1.54, 1.807) is 62.7 Å². The number of ether oxygens (including phenoxy) is 2. The van der Waals surface area contributed by atoms with E-state index in [9.17, 15) is 33.6 Å². The number of carboxylic acids is 1. The van der Waals surface area contributed by atoms with Crippen molar-refractivity contribution >= 4 is 126 Å². The summed E-state index contributed by atoms with van der Waals surface area (Å²) in [6, 6.07) is 59.8. The fraction of sp³-hybridized carbons (Fsp3) is 0.333. The number of amides is 4. The third-order valence-electron chi connectivity index (χ3n) is 23.3. The summed E-state index contributed by atoms with van der Waals surface area (Å²) in [5.41, 5.74) is 10.6. The summed E-state index contributed by atoms with van der Waals surface area (Å²) in [4.78, 5) is 103. The number of likely N-dealkylation sites (tertiary alicyclic amines) is 6. The van der Waals surface area contributed by atoms with Crippen molar-refractivity contribution in [3.05, 3.63) is 261 Å². The van der Waals surface area contributed by atoms with Crippen LogP contribution in [0.2, 0.25) is 0 Å². The number of aromatic carboxylic acids is 1. The van der Waals surface area contributed by atoms with Crippen molar-refractivity contribution in [3.63, 3.8) is 0 Å². The number of carboxylic acid groups (broad SMARTS) is 1. The number of hydrogen-bond donors (Lipinski definition) is 4. The van der Waals surface area contributed by atoms with Crippen LogP contribution >= 0.6 is 22.6 Å². The number of fused-ring (bicyclic) bond motifs is 4. The number of H-pyrrole nitrogens is 2. The Balaban J connectivity index is 0.000000134. The van der Waals surface area contributed by atoms with Gasteiger partial charge in [0, 0.05) is 120 Å². The zero-order chi connectivity index (χ0) is 85.4. The number of aromatic amines is 2. The Morgan fingerprint density at radius 3 is 1.20 bits per heavy atom. The largest absolute Gasteiger partial charge is 0.476 e. The first-order valence-corrected chi connectivity index (χ1v) is 43.9. The molecule has 123 heavy (non-hydrogen) atoms. The zero-order valence-electron chi connectivity index (χ0n) is 69.6. The molecule has 6 aliphatic heterocycles. The summed E-state index contributed by atoms with van der Waals surface area (Å²) in [5, 5.41) is 38.0. The molecule has 6 aliphatic rings. The van der Waals surface area contributed by atoms with Gasteiger partial charge in [-0.25, -0.2) is 23.7 Å². The van der Waals surface area contributed by atoms with E-state index in [0.717, 1.165) is 150 Å². The van der Waals surface area contributed by atoms with Crippen LogP contribution in [0, 0.1) is 3.57 Å². The van der Waals surface area contributed by atoms with Gasteiger partial charge in [-0.05, 0) is 260 Å². The highest BCUT2D eigenvalue weighted by molar-refractivity contribution is 14.1. The monoisotopic (exact) mass is 1770 g/mol. The van der Waals surface area contributed by atoms with Gasteiger partial charge in [-0.15, -0.1) is 0 Å². The average Bonchev–Trinajstić information content (AvgIpc) is 1.62. The second-order valence-corrected chi connectivity index (χ2v) is 32.5. The van der Waals surface area contributed by atoms with Crippen LogP contribution in [0.3, 0.4) is 0 Å². The van der Waals surface area contributed by atoms with E-state index in [2.05, 4.69) is 68.0 Å². The first-order chi connectivity index (χ1) is 60.1. The van der Waals surface area contributed by atoms with Gasteiger partial charge in [0.25, 0.3) is 17.7 Å². The summed E-state index contributed by atoms with van der Waals surface area (Å²) < 4.78 is 14.5. The number of benzene rings is 7. The predicted octanol–water partition coefficient (Wildman–Crippen LogP) is 15.1. The fourth-order valence-corrected chi connectivity index (χ4v) is 17.2. The molecule has 6 fully saturated rings. The Bertz CT molecular complexity index is 5660. The van der Waals surface area contributed by atoms with Crippen LogP contribution in [-0.2, 0) is 30.4 Å². The third kappa shape index (κ3) is 22.7. The maximum atomic E-state index is 13.6. The van der Waals surface area contributed by atoms with Crippen molar-refractivity contribution in [2.75, 3.05) is 91.8 Å². The van der Waals surface area contributed by atoms with Crippen LogP contribution in [0.1, 0.15) is 155 Å². The second-order valence-electron chi connectivity index (χ2n) is 31.2. The van der Waals surface area contributed by atoms with Gasteiger partial charge < -0.3 is 49.3 Å². The lowest BCUT2D eigenvalue weighted by atomic mass is 10.0. The molecular weight excluding hydrogens is 1660 g/mol. The van der Waals surface area contributed by atoms with Gasteiger partial charge >= 0.3 is 17.9 Å². The number of esters is 2. The summed E-state index contributed by atoms with van der Waals surface area (Å²) in [6.45, 7) is 16.8. The summed E-state index contributed by atoms with van der Waals surface area (Å²) in [6.07, 6.45) is 27.2. The van der Waals surface area contributed by atoms with E-state index in [1.165, 1.54) is 99.6 Å². The standard InChI is InChI=1S/C32H34N6O2.C28H32N4O3.C17H22N4O.C11H11IO2.C8H6N2O2/c39-30(34-23-25-6-5-17-33-22-25)14-11-24-9-12-27(13-10-24)38-29-8-2-1-7-28(29)31(35-38)32(40)37-20-15-26(16-21-37)36-18-3-4-19-36;1-2-35-26(33)14-11-21-9-12-23(13-10-21)32-25-8-4-3-7-24(25)27(29-32)28(34)31-19-15-22(16-20-31)30-17-5-6-18-30;22-17(16-14-5-1-2-6-15(14)18-19-16)21-11-7-13(8-12-21)20-9-3-4-10-20;1-2-14-11(13)8-5-9-3-6-10(12)7-4-9;11-8(12)7-5-3-1-2-4-6(5)9-10-7/h1-2,5-14,17,22,26H,3-4,15-16,18-21,23H2,(H,34,39);3-4,7-14,22H,2,5-6,15-20H2,1H3;1-2,5-6,13H,3-4,7-12H2,(H,18,19);3-8H,2H2,1H3;1-4H,(H,9,10)(H,11,12)/b2*14-11+;;8-5+;. The van der Waals surface area contributed by atoms with Gasteiger partial charge in [0.1, 0.15) is 0 Å². The molecule has 636 valence electrons. The highest BCUT2D eigenvalue weighted by atomic mass is 127. The average molecular weight is 1770 g/mol. The minimum atomic E-state index is -1.01. The van der Waals surface area contributed by atoms with Crippen molar-refractivity contribution in [1.82, 2.24) is 79.7 Å². The van der Waals surface area contributed by atoms with Crippen molar-refractivity contribution in [2.45, 2.75) is 116 Å². The molecule has 6 saturated heterocycles. The van der Waals surface area contributed by atoms with Gasteiger partial charge in [0.05, 0.1) is 46.7 Å². The molecule has 4 amide bonds. The number of aromatic nitrogens is 9. The van der Waals surface area contributed by atoms with Gasteiger partial charge in [0.15, 0.2) is 22.8 Å². The number of carbonyl (C=O) groups is 7. The number of pyridine rings is 1. The molecule has 18 rings (SSSR count). The Hall–Kier alpha value is -12.3. The molecule has 7 aromatic carbocycles. The van der Waals surface area contributed by atoms with Gasteiger partial charge in [-0.2, -0.15) is 20.4 Å². The molecule has 5 aromatic heterocycles. The maximum absolute atomic E-state index is 13.6. The topological polar surface area (TPSA) is 296 Å². The summed E-state index contributed by atoms with van der Waals surface area (Å²) in [5.74, 6) is -1.75. The highest BCUT2D eigenvalue weighted by Crippen LogP contribution is 2.31. The van der Waals surface area contributed by atoms with Crippen LogP contribution in [0.5, 0.6) is 0 Å². The van der Waals surface area contributed by atoms with E-state index in [0.29, 0.717) is 60.4 Å². The molecule has 0 saturated carbocycles. The molecule has 0 radical (unpaired) electrons. The third-order valence-corrected chi connectivity index (χ3v) is 24.0. The Kier molecular flexibility index (Phi) is 30.4. The lowest BCUT2D eigenvalue weighted by Gasteiger charge is -2.36. The van der Waals surface area contributed by atoms with Crippen LogP contribution in [0.4, 0.5) is 0 Å². The number of nitrogens with zero attached hydrogens (tertiary/aromatic N) is 13. The molecule has 26 nitrogen and oxygen atoms in total. The fourth-order valence-electron chi connectivity index (χ4n) is 16.8. The molecule has 0 unspecified atom stereocenters. The van der Waals surface area contributed by atoms with E-state index < -0.39 is 5.97 Å². The van der Waals surface area contributed by atoms with Gasteiger partial charge in [-0.3, -0.25) is 34.4 Å². The van der Waals surface area contributed by atoms with E-state index >= 15 is 0 Å². The van der Waals surface area contributed by atoms with E-state index in [-0.39, 0.29) is 41.3 Å². The first kappa shape index (κ1) is 87.1. The van der Waals surface area contributed by atoms with Crippen LogP contribution in [-0.4, -0.2) is 231 Å². The molecular formula is C96H105IN16O10. The smallest absolute Gasteiger partial charge is 0.357 e. The number of hydrogen-bond acceptors (Lipinski definition) is 17. The second kappa shape index (κ2) is 43.0. The molecule has 11 heterocycles. The highest BCUT2D eigenvalue weighted by Gasteiger charge is 2.34. The van der Waals surface area contributed by atoms with E-state index in [1.807, 2.05) is 188 Å². The molecule has 0 aliphatic carbocycles. The van der Waals surface area contributed by atoms with Gasteiger partial charge in [0.2, 0.25) is 5.91 Å². The van der Waals surface area contributed by atoms with Crippen LogP contribution < -0.4 is 5.32 Å². The molecule has 0 bridgehead atoms. The number of nitrogens with one attached hydrogen (secondary N) is 3. The van der Waals surface area contributed by atoms with Crippen molar-refractivity contribution in [2.24, 2.45) is 0 Å². The molecule has 0 spiro atoms. The lowest BCUT2D eigenvalue weighted by Crippen LogP contribution is -2.46. The summed E-state index contributed by atoms with van der Waals surface area (Å²) in [7, 11) is 0. The van der Waals surface area contributed by atoms with Crippen LogP contribution in [0.15, 0.2) is 213 Å². The molecule has 4 N–H and O–H groups in total. The number of rotatable bonds is 19. The van der Waals surface area contributed by atoms with Gasteiger partial charge in [-0.1, -0.05) is 115 Å². The normalized spacial score (nSPS) is 16.3. The number of para-hydroxylation sites is 4. The maximum Gasteiger partial charge on any atom is 0.357 e. The van der Waals surface area contributed by atoms with Crippen LogP contribution in [0.25, 0.3) is 73.2 Å². The molecule has 27 heteroatoms. The Morgan fingerprint density at radius 1 is 0.431 bits per heavy atom. The summed E-state index contributed by atoms with van der Waals surface area (Å²) >= 11 is 2.24. The zero-order valence-corrected chi connectivity index (χ0v) is 71.7. The number of carbonyl (C=O) groups excluding carboxylic acids is 6. The van der Waals surface area contributed by atoms with Crippen molar-refractivity contribution < 1.29 is 48.1 Å². The van der Waals surface area contributed by atoms with Crippen molar-refractivity contribution in [3.8, 4) is 11.4 Å². The first-order valence-electron chi connectivity index (χ1n) is 42.8. The minimum absolute atomic E-state index is 0.00618. The number of halogens is 1. The minimum Gasteiger partial charge on any atom is -0.476 e. The Labute approximate surface area is 729 Å². The van der Waals surface area contributed by atoms with E-state index in [4.69, 9.17) is 24.8 Å². The van der Waals surface area contributed by atoms with Crippen molar-refractivity contribution in [1.29, 1.82) is 0 Å². The lowest BCUT2D eigenvalue weighted by molar-refractivity contribution is -0.138. The number of piperidine rings is 3. The SMILES string of the molecule is CCOC(=O)/C=C/c1ccc(-n2nc(C(=O)N3CCC(N4CCCC4)CC3)c3ccccc32)cc1.CCOC(=O)/C=C/c1ccc(I)cc1.O=C(/C=C/c1ccc(-n2nc(C(=O)N3CCC(N4CCCC4)CC3)c3ccccc32)cc1)NCc1cccnc1.O=C(O)c1n[nH]c2ccccc12.O=C(c1n[nH]c2ccccc12)N1CCC(N2CCCC2)CC1. The molecule has 0 atom stereocenters. The quantitative estimate of drug-likeness (QED) is 0.0332.